The fraction of sp³-hybridized carbons (Fsp3) is 0.517. The maximum Gasteiger partial charge on any atom is 5.00 e. The number of benzene rings is 2. The first-order valence-corrected chi connectivity index (χ1v) is 14.3. The third kappa shape index (κ3) is 7.94. The Balaban J connectivity index is 0.00000253. The van der Waals surface area contributed by atoms with E-state index in [1.54, 1.807) is 0 Å². The molecule has 0 aliphatic carbocycles. The average Bonchev–Trinajstić information content (AvgIpc) is 3.17. The van der Waals surface area contributed by atoms with Crippen LogP contribution in [0.15, 0.2) is 53.0 Å². The Morgan fingerprint density at radius 1 is 1.11 bits per heavy atom. The molecular weight excluding hydrogens is 600 g/mol. The molecule has 9 heteroatoms. The molecule has 0 aromatic heterocycles. The molecule has 38 heavy (non-hydrogen) atoms. The van der Waals surface area contributed by atoms with Crippen LogP contribution in [0, 0.1) is 0 Å². The molecule has 1 unspecified atom stereocenters. The van der Waals surface area contributed by atoms with Gasteiger partial charge in [-0.3, -0.25) is 9.69 Å². The number of hydrogen-bond acceptors (Lipinski definition) is 7. The molecule has 4 rings (SSSR count). The third-order valence-corrected chi connectivity index (χ3v) is 7.86. The van der Waals surface area contributed by atoms with Crippen molar-refractivity contribution < 1.29 is 35.5 Å². The predicted octanol–water partition coefficient (Wildman–Crippen LogP) is 3.23. The van der Waals surface area contributed by atoms with Gasteiger partial charge in [-0.15, -0.1) is 0 Å². The number of rotatable bonds is 13. The molecule has 0 spiro atoms. The van der Waals surface area contributed by atoms with Crippen LogP contribution in [0.25, 0.3) is 16.3 Å². The van der Waals surface area contributed by atoms with Gasteiger partial charge in [-0.25, -0.2) is 0 Å². The van der Waals surface area contributed by atoms with Crippen molar-refractivity contribution in [3.8, 4) is 0 Å². The molecule has 0 saturated carbocycles. The molecule has 6 nitrogen and oxygen atoms in total. The number of carbonyl (C=O) groups is 1. The standard InChI is InChI=1S/C29H39N3O2S2.O.Tc/c1-2-27(33)29-25(23-9-8-21-6-3-4-7-22(21)18-23)19-24-10-11-26(29)32(24)14-5-13-31(15-17-36)20-28(34)30-12-16-35;;/h3-4,6-9,18,24,26,35-36H,2,5,10-17,19-20H2,1H3,(H,30,34);;/q;-2;+5/p-3/t24?,26-;;/m1../s1. The number of ketones is 1. The largest absolute Gasteiger partial charge is 5.00 e. The predicted molar refractivity (Wildman–Crippen MR) is 153 cm³/mol. The maximum absolute atomic E-state index is 13.3. The molecule has 0 radical (unpaired) electrons. The summed E-state index contributed by atoms with van der Waals surface area (Å²) in [6.07, 6.45) is 4.55. The van der Waals surface area contributed by atoms with E-state index < -0.39 is 0 Å². The van der Waals surface area contributed by atoms with E-state index in [9.17, 15) is 9.90 Å². The second-order valence-electron chi connectivity index (χ2n) is 9.73. The van der Waals surface area contributed by atoms with E-state index in [1.807, 2.05) is 6.92 Å². The molecule has 2 heterocycles. The Morgan fingerprint density at radius 2 is 1.87 bits per heavy atom. The third-order valence-electron chi connectivity index (χ3n) is 7.50. The zero-order chi connectivity index (χ0) is 25.5. The van der Waals surface area contributed by atoms with Crippen LogP contribution >= 0.6 is 0 Å². The van der Waals surface area contributed by atoms with Gasteiger partial charge < -0.3 is 45.7 Å². The maximum atomic E-state index is 13.3. The Morgan fingerprint density at radius 3 is 2.58 bits per heavy atom. The van der Waals surface area contributed by atoms with Gasteiger partial charge in [-0.1, -0.05) is 43.3 Å². The summed E-state index contributed by atoms with van der Waals surface area (Å²) in [6.45, 7) is 5.13. The van der Waals surface area contributed by atoms with Crippen LogP contribution in [0.1, 0.15) is 44.6 Å². The van der Waals surface area contributed by atoms with Gasteiger partial charge in [0.05, 0.1) is 0 Å². The van der Waals surface area contributed by atoms with Gasteiger partial charge in [0.25, 0.3) is 0 Å². The van der Waals surface area contributed by atoms with Crippen LogP contribution in [0.5, 0.6) is 0 Å². The molecule has 2 aromatic rings. The van der Waals surface area contributed by atoms with Gasteiger partial charge >= 0.3 is 20.1 Å². The van der Waals surface area contributed by atoms with Gasteiger partial charge in [0.2, 0.25) is 0 Å². The van der Waals surface area contributed by atoms with Crippen LogP contribution in [-0.4, -0.2) is 77.8 Å². The van der Waals surface area contributed by atoms with E-state index >= 15 is 0 Å². The molecule has 0 N–H and O–H groups in total. The van der Waals surface area contributed by atoms with Crippen molar-refractivity contribution in [1.29, 1.82) is 0 Å². The van der Waals surface area contributed by atoms with Gasteiger partial charge in [-0.05, 0) is 72.6 Å². The number of nitrogens with zero attached hydrogens (tertiary/aromatic N) is 3. The number of Topliss-reactive ketones (excluding diaryl/α,β-unsaturated/α-hetero) is 1. The zero-order valence-electron chi connectivity index (χ0n) is 21.9. The minimum Gasteiger partial charge on any atom is -2.00 e. The Bertz CT molecular complexity index is 1130. The average molecular weight is 637 g/mol. The van der Waals surface area contributed by atoms with E-state index in [1.165, 1.54) is 21.9 Å². The fourth-order valence-corrected chi connectivity index (χ4v) is 6.18. The molecule has 2 aliphatic heterocycles. The summed E-state index contributed by atoms with van der Waals surface area (Å²) in [5, 5.41) is 14.6. The van der Waals surface area contributed by atoms with Crippen molar-refractivity contribution in [2.24, 2.45) is 4.99 Å². The molecule has 2 bridgehead atoms. The first-order valence-electron chi connectivity index (χ1n) is 13.2. The number of hydrogen-bond donors (Lipinski definition) is 0. The Hall–Kier alpha value is -1.19. The second-order valence-corrected chi connectivity index (χ2v) is 10.5. The SMILES string of the molecule is CCC(=O)C1=C(c2ccc3ccccc3c2)CC2CC[C@H]1N2CCCN(CC[S-])CC([O-])=NCC[S-].[O-2].[Tc+5]. The quantitative estimate of drug-likeness (QED) is 0.191. The molecule has 2 aromatic carbocycles. The van der Waals surface area contributed by atoms with E-state index in [0.29, 0.717) is 43.6 Å². The summed E-state index contributed by atoms with van der Waals surface area (Å²) >= 11 is 10.1. The fourth-order valence-electron chi connectivity index (χ4n) is 5.83. The van der Waals surface area contributed by atoms with Crippen molar-refractivity contribution in [2.75, 3.05) is 44.2 Å². The van der Waals surface area contributed by atoms with Crippen molar-refractivity contribution in [1.82, 2.24) is 9.80 Å². The normalized spacial score (nSPS) is 19.5. The van der Waals surface area contributed by atoms with E-state index in [0.717, 1.165) is 44.3 Å². The van der Waals surface area contributed by atoms with Gasteiger partial charge in [0.1, 0.15) is 0 Å². The molecular formula is C29H36N3O3S2Tc. The number of carbonyl (C=O) groups excluding carboxylic acids is 1. The van der Waals surface area contributed by atoms with Crippen molar-refractivity contribution in [2.45, 2.75) is 51.1 Å². The number of aliphatic imine (C=N–C) groups is 1. The monoisotopic (exact) mass is 635 g/mol. The second kappa shape index (κ2) is 16.2. The van der Waals surface area contributed by atoms with Gasteiger partial charge in [0.15, 0.2) is 5.78 Å². The van der Waals surface area contributed by atoms with E-state index in [-0.39, 0.29) is 43.3 Å². The van der Waals surface area contributed by atoms with E-state index in [2.05, 4.69) is 57.3 Å². The molecule has 2 aliphatic rings. The van der Waals surface area contributed by atoms with Crippen molar-refractivity contribution in [3.05, 3.63) is 53.6 Å². The first-order chi connectivity index (χ1) is 17.5. The summed E-state index contributed by atoms with van der Waals surface area (Å²) in [5.41, 5.74) is 3.47. The summed E-state index contributed by atoms with van der Waals surface area (Å²) in [4.78, 5) is 22.0. The molecule has 204 valence electrons. The summed E-state index contributed by atoms with van der Waals surface area (Å²) in [5.74, 6) is 1.23. The van der Waals surface area contributed by atoms with Crippen LogP contribution in [0.2, 0.25) is 0 Å². The van der Waals surface area contributed by atoms with Crippen molar-refractivity contribution in [3.63, 3.8) is 0 Å². The summed E-state index contributed by atoms with van der Waals surface area (Å²) < 4.78 is 0. The van der Waals surface area contributed by atoms with E-state index in [4.69, 9.17) is 25.3 Å². The number of fused-ring (bicyclic) bond motifs is 3. The van der Waals surface area contributed by atoms with Crippen LogP contribution in [0.3, 0.4) is 0 Å². The molecule has 2 atom stereocenters. The Labute approximate surface area is 251 Å². The smallest absolute Gasteiger partial charge is 2.00 e. The first kappa shape index (κ1) is 33.0. The molecule has 0 amide bonds. The zero-order valence-corrected chi connectivity index (χ0v) is 25.4. The van der Waals surface area contributed by atoms with Crippen LogP contribution in [0.4, 0.5) is 0 Å². The molecule has 1 saturated heterocycles. The summed E-state index contributed by atoms with van der Waals surface area (Å²) in [6, 6.07) is 15.7. The molecule has 1 fully saturated rings. The van der Waals surface area contributed by atoms with Gasteiger partial charge in [0, 0.05) is 43.7 Å². The van der Waals surface area contributed by atoms with Crippen LogP contribution in [-0.2, 0) is 55.6 Å². The van der Waals surface area contributed by atoms with Crippen molar-refractivity contribution >= 4 is 53.3 Å². The summed E-state index contributed by atoms with van der Waals surface area (Å²) in [7, 11) is 0. The van der Waals surface area contributed by atoms with Crippen LogP contribution < -0.4 is 5.11 Å². The Kier molecular flexibility index (Phi) is 14.0. The topological polar surface area (TPSA) is 87.5 Å². The minimum atomic E-state index is -0.111. The minimum absolute atomic E-state index is 0. The van der Waals surface area contributed by atoms with Gasteiger partial charge in [-0.2, -0.15) is 11.5 Å².